The highest BCUT2D eigenvalue weighted by molar-refractivity contribution is 5.66. The fourth-order valence-corrected chi connectivity index (χ4v) is 1.74. The minimum Gasteiger partial charge on any atom is -0.481 e. The number of carboxylic acid groups (broad SMARTS) is 2. The topological polar surface area (TPSA) is 135 Å². The molecule has 23 heavy (non-hydrogen) atoms. The summed E-state index contributed by atoms with van der Waals surface area (Å²) in [4.78, 5) is 20.3. The van der Waals surface area contributed by atoms with Crippen LogP contribution in [0.25, 0.3) is 0 Å². The van der Waals surface area contributed by atoms with Crippen LogP contribution >= 0.6 is 0 Å². The Morgan fingerprint density at radius 2 is 1.00 bits per heavy atom. The Hall–Kier alpha value is -1.18. The first-order valence-corrected chi connectivity index (χ1v) is 8.13. The third-order valence-corrected chi connectivity index (χ3v) is 3.79. The standard InChI is InChI=1S/C10H18O4.C6H14O3/c11-9(12)7-5-3-1-2-4-6-8-10(13)14;1-2-6(3-7,4-8)5-9/h1-8H2,(H,11,12)(H,13,14);7-9H,2-5H2,1H3. The van der Waals surface area contributed by atoms with E-state index in [0.717, 1.165) is 38.5 Å². The van der Waals surface area contributed by atoms with Crippen LogP contribution in [0.3, 0.4) is 0 Å². The Morgan fingerprint density at radius 1 is 0.696 bits per heavy atom. The fourth-order valence-electron chi connectivity index (χ4n) is 1.74. The van der Waals surface area contributed by atoms with E-state index in [2.05, 4.69) is 0 Å². The summed E-state index contributed by atoms with van der Waals surface area (Å²) in [6, 6.07) is 0. The van der Waals surface area contributed by atoms with Gasteiger partial charge in [-0.2, -0.15) is 0 Å². The van der Waals surface area contributed by atoms with Crippen molar-refractivity contribution in [2.24, 2.45) is 5.41 Å². The van der Waals surface area contributed by atoms with Crippen molar-refractivity contribution < 1.29 is 35.1 Å². The number of carbonyl (C=O) groups is 2. The zero-order valence-corrected chi connectivity index (χ0v) is 14.0. The van der Waals surface area contributed by atoms with E-state index in [1.807, 2.05) is 6.92 Å². The lowest BCUT2D eigenvalue weighted by Crippen LogP contribution is -2.32. The molecule has 5 N–H and O–H groups in total. The maximum Gasteiger partial charge on any atom is 0.303 e. The van der Waals surface area contributed by atoms with E-state index < -0.39 is 17.4 Å². The zero-order valence-electron chi connectivity index (χ0n) is 14.0. The lowest BCUT2D eigenvalue weighted by atomic mass is 9.88. The number of hydrogen-bond donors (Lipinski definition) is 5. The molecule has 0 radical (unpaired) electrons. The molecule has 0 heterocycles. The monoisotopic (exact) mass is 336 g/mol. The average Bonchev–Trinajstić information content (AvgIpc) is 2.53. The van der Waals surface area contributed by atoms with E-state index in [1.165, 1.54) is 0 Å². The molecule has 0 aliphatic rings. The molecule has 0 saturated heterocycles. The van der Waals surface area contributed by atoms with E-state index in [1.54, 1.807) is 0 Å². The molecule has 0 atom stereocenters. The molecule has 0 unspecified atom stereocenters. The summed E-state index contributed by atoms with van der Waals surface area (Å²) in [5.74, 6) is -1.48. The number of rotatable bonds is 13. The van der Waals surface area contributed by atoms with E-state index in [-0.39, 0.29) is 32.7 Å². The Balaban J connectivity index is 0. The highest BCUT2D eigenvalue weighted by atomic mass is 16.4. The van der Waals surface area contributed by atoms with Crippen LogP contribution in [0.4, 0.5) is 0 Å². The number of aliphatic hydroxyl groups excluding tert-OH is 3. The van der Waals surface area contributed by atoms with Gasteiger partial charge in [0.15, 0.2) is 0 Å². The van der Waals surface area contributed by atoms with Crippen LogP contribution in [0, 0.1) is 5.41 Å². The van der Waals surface area contributed by atoms with Gasteiger partial charge >= 0.3 is 11.9 Å². The molecule has 0 saturated carbocycles. The van der Waals surface area contributed by atoms with Gasteiger partial charge in [-0.05, 0) is 19.3 Å². The van der Waals surface area contributed by atoms with Crippen LogP contribution in [-0.4, -0.2) is 57.3 Å². The number of hydrogen-bond acceptors (Lipinski definition) is 5. The third-order valence-electron chi connectivity index (χ3n) is 3.79. The molecule has 7 nitrogen and oxygen atoms in total. The normalized spacial score (nSPS) is 10.8. The van der Waals surface area contributed by atoms with Gasteiger partial charge in [-0.15, -0.1) is 0 Å². The molecular weight excluding hydrogens is 304 g/mol. The molecule has 0 fully saturated rings. The quantitative estimate of drug-likeness (QED) is 0.323. The van der Waals surface area contributed by atoms with Gasteiger partial charge in [0.2, 0.25) is 0 Å². The molecule has 0 rings (SSSR count). The van der Waals surface area contributed by atoms with Crippen molar-refractivity contribution in [2.75, 3.05) is 19.8 Å². The van der Waals surface area contributed by atoms with E-state index >= 15 is 0 Å². The minimum absolute atomic E-state index is 0.156. The van der Waals surface area contributed by atoms with Crippen LogP contribution < -0.4 is 0 Å². The summed E-state index contributed by atoms with van der Waals surface area (Å²) in [5, 5.41) is 42.7. The van der Waals surface area contributed by atoms with E-state index in [4.69, 9.17) is 25.5 Å². The summed E-state index contributed by atoms with van der Waals surface area (Å²) < 4.78 is 0. The van der Waals surface area contributed by atoms with Gasteiger partial charge in [-0.3, -0.25) is 9.59 Å². The molecule has 138 valence electrons. The first kappa shape index (κ1) is 24.1. The average molecular weight is 336 g/mol. The lowest BCUT2D eigenvalue weighted by Gasteiger charge is -2.24. The predicted octanol–water partition coefficient (Wildman–Crippen LogP) is 1.64. The molecule has 0 aromatic carbocycles. The fraction of sp³-hybridized carbons (Fsp3) is 0.875. The van der Waals surface area contributed by atoms with E-state index in [0.29, 0.717) is 6.42 Å². The molecule has 7 heteroatoms. The van der Waals surface area contributed by atoms with Gasteiger partial charge in [-0.1, -0.05) is 32.6 Å². The van der Waals surface area contributed by atoms with Crippen molar-refractivity contribution in [3.8, 4) is 0 Å². The van der Waals surface area contributed by atoms with Crippen molar-refractivity contribution >= 4 is 11.9 Å². The zero-order chi connectivity index (χ0) is 18.1. The first-order valence-electron chi connectivity index (χ1n) is 8.13. The highest BCUT2D eigenvalue weighted by Crippen LogP contribution is 2.18. The van der Waals surface area contributed by atoms with Crippen LogP contribution in [-0.2, 0) is 9.59 Å². The Morgan fingerprint density at radius 3 is 1.17 bits per heavy atom. The molecule has 0 bridgehead atoms. The van der Waals surface area contributed by atoms with E-state index in [9.17, 15) is 9.59 Å². The van der Waals surface area contributed by atoms with Gasteiger partial charge in [0.1, 0.15) is 0 Å². The second-order valence-corrected chi connectivity index (χ2v) is 5.74. The largest absolute Gasteiger partial charge is 0.481 e. The summed E-state index contributed by atoms with van der Waals surface area (Å²) in [6.45, 7) is 1.35. The second kappa shape index (κ2) is 15.7. The van der Waals surface area contributed by atoms with Gasteiger partial charge in [-0.25, -0.2) is 0 Å². The molecule has 0 amide bonds. The number of unbranched alkanes of at least 4 members (excludes halogenated alkanes) is 5. The summed E-state index contributed by atoms with van der Waals surface area (Å²) in [6.07, 6.45) is 6.42. The molecule has 0 spiro atoms. The SMILES string of the molecule is CCC(CO)(CO)CO.O=C(O)CCCCCCCCC(=O)O. The Kier molecular flexibility index (Phi) is 16.4. The molecular formula is C16H32O7. The second-order valence-electron chi connectivity index (χ2n) is 5.74. The van der Waals surface area contributed by atoms with Gasteiger partial charge in [0.25, 0.3) is 0 Å². The maximum atomic E-state index is 10.1. The van der Waals surface area contributed by atoms with Crippen molar-refractivity contribution in [1.82, 2.24) is 0 Å². The first-order chi connectivity index (χ1) is 10.9. The summed E-state index contributed by atoms with van der Waals surface area (Å²) in [5.41, 5.74) is -0.667. The predicted molar refractivity (Wildman–Crippen MR) is 86.2 cm³/mol. The minimum atomic E-state index is -0.740. The maximum absolute atomic E-state index is 10.1. The highest BCUT2D eigenvalue weighted by Gasteiger charge is 2.24. The van der Waals surface area contributed by atoms with Crippen molar-refractivity contribution in [1.29, 1.82) is 0 Å². The molecule has 0 aromatic heterocycles. The van der Waals surface area contributed by atoms with Crippen LogP contribution in [0.5, 0.6) is 0 Å². The van der Waals surface area contributed by atoms with Gasteiger partial charge in [0, 0.05) is 18.3 Å². The number of carboxylic acids is 2. The van der Waals surface area contributed by atoms with Crippen molar-refractivity contribution in [2.45, 2.75) is 64.7 Å². The number of aliphatic hydroxyl groups is 3. The third kappa shape index (κ3) is 15.5. The molecule has 0 aromatic rings. The van der Waals surface area contributed by atoms with Gasteiger partial charge < -0.3 is 25.5 Å². The van der Waals surface area contributed by atoms with Crippen LogP contribution in [0.2, 0.25) is 0 Å². The Labute approximate surface area is 138 Å². The summed E-state index contributed by atoms with van der Waals surface area (Å²) >= 11 is 0. The number of aliphatic carboxylic acids is 2. The summed E-state index contributed by atoms with van der Waals surface area (Å²) in [7, 11) is 0. The van der Waals surface area contributed by atoms with Crippen LogP contribution in [0.1, 0.15) is 64.7 Å². The Bertz CT molecular complexity index is 263. The molecule has 0 aliphatic heterocycles. The molecule has 0 aliphatic carbocycles. The van der Waals surface area contributed by atoms with Gasteiger partial charge in [0.05, 0.1) is 19.8 Å². The van der Waals surface area contributed by atoms with Crippen molar-refractivity contribution in [3.05, 3.63) is 0 Å². The lowest BCUT2D eigenvalue weighted by molar-refractivity contribution is -0.138. The smallest absolute Gasteiger partial charge is 0.303 e. The van der Waals surface area contributed by atoms with Crippen LogP contribution in [0.15, 0.2) is 0 Å². The van der Waals surface area contributed by atoms with Crippen molar-refractivity contribution in [3.63, 3.8) is 0 Å².